The van der Waals surface area contributed by atoms with Crippen LogP contribution in [0.1, 0.15) is 12.0 Å². The Morgan fingerprint density at radius 2 is 2.06 bits per heavy atom. The molecule has 0 atom stereocenters. The van der Waals surface area contributed by atoms with Crippen molar-refractivity contribution in [3.8, 4) is 0 Å². The summed E-state index contributed by atoms with van der Waals surface area (Å²) in [5.41, 5.74) is 5.94. The van der Waals surface area contributed by atoms with Gasteiger partial charge in [-0.2, -0.15) is 0 Å². The molecule has 0 spiro atoms. The van der Waals surface area contributed by atoms with Gasteiger partial charge in [0.15, 0.2) is 0 Å². The summed E-state index contributed by atoms with van der Waals surface area (Å²) in [7, 11) is -3.77. The molecule has 1 aromatic rings. The van der Waals surface area contributed by atoms with Crippen molar-refractivity contribution in [3.63, 3.8) is 0 Å². The van der Waals surface area contributed by atoms with Gasteiger partial charge in [-0.05, 0) is 37.6 Å². The SMILES string of the molecule is Cc1ccc(F)c(S(=O)(=O)NCCCN)c1.Cl. The van der Waals surface area contributed by atoms with Crippen LogP contribution in [0.2, 0.25) is 0 Å². The Hall–Kier alpha value is -0.690. The Morgan fingerprint density at radius 1 is 1.41 bits per heavy atom. The van der Waals surface area contributed by atoms with E-state index in [4.69, 9.17) is 5.73 Å². The zero-order valence-electron chi connectivity index (χ0n) is 9.44. The average molecular weight is 283 g/mol. The van der Waals surface area contributed by atoms with Gasteiger partial charge < -0.3 is 5.73 Å². The Bertz CT molecular complexity index is 465. The zero-order chi connectivity index (χ0) is 12.2. The number of halogens is 2. The van der Waals surface area contributed by atoms with Crippen LogP contribution in [-0.2, 0) is 10.0 Å². The number of rotatable bonds is 5. The van der Waals surface area contributed by atoms with E-state index in [-0.39, 0.29) is 23.8 Å². The second-order valence-electron chi connectivity index (χ2n) is 3.47. The molecule has 4 nitrogen and oxygen atoms in total. The standard InChI is InChI=1S/C10H15FN2O2S.ClH/c1-8-3-4-9(11)10(7-8)16(14,15)13-6-2-5-12;/h3-4,7,13H,2,5-6,12H2,1H3;1H. The minimum Gasteiger partial charge on any atom is -0.330 e. The number of hydrogen-bond donors (Lipinski definition) is 2. The maximum atomic E-state index is 13.3. The first-order valence-corrected chi connectivity index (χ1v) is 6.41. The Labute approximate surface area is 107 Å². The van der Waals surface area contributed by atoms with E-state index in [0.29, 0.717) is 18.5 Å². The van der Waals surface area contributed by atoms with Gasteiger partial charge in [0.1, 0.15) is 10.7 Å². The van der Waals surface area contributed by atoms with Gasteiger partial charge in [-0.25, -0.2) is 17.5 Å². The highest BCUT2D eigenvalue weighted by Crippen LogP contribution is 2.15. The highest BCUT2D eigenvalue weighted by Gasteiger charge is 2.18. The van der Waals surface area contributed by atoms with E-state index < -0.39 is 15.8 Å². The van der Waals surface area contributed by atoms with E-state index >= 15 is 0 Å². The summed E-state index contributed by atoms with van der Waals surface area (Å²) in [5.74, 6) is -0.745. The number of nitrogens with two attached hydrogens (primary N) is 1. The van der Waals surface area contributed by atoms with E-state index in [9.17, 15) is 12.8 Å². The first kappa shape index (κ1) is 16.3. The summed E-state index contributed by atoms with van der Waals surface area (Å²) in [4.78, 5) is -0.315. The Balaban J connectivity index is 0.00000256. The molecule has 0 fully saturated rings. The molecule has 7 heteroatoms. The fraction of sp³-hybridized carbons (Fsp3) is 0.400. The van der Waals surface area contributed by atoms with Crippen LogP contribution in [0.4, 0.5) is 4.39 Å². The third-order valence-electron chi connectivity index (χ3n) is 2.05. The summed E-state index contributed by atoms with van der Waals surface area (Å²) in [6, 6.07) is 3.97. The zero-order valence-corrected chi connectivity index (χ0v) is 11.1. The van der Waals surface area contributed by atoms with Crippen molar-refractivity contribution in [2.24, 2.45) is 5.73 Å². The number of sulfonamides is 1. The Kier molecular flexibility index (Phi) is 6.62. The molecule has 0 aliphatic heterocycles. The maximum Gasteiger partial charge on any atom is 0.243 e. The third-order valence-corrected chi connectivity index (χ3v) is 3.53. The molecule has 0 saturated carbocycles. The monoisotopic (exact) mass is 282 g/mol. The molecule has 0 heterocycles. The normalized spacial score (nSPS) is 11.0. The highest BCUT2D eigenvalue weighted by atomic mass is 35.5. The molecule has 0 radical (unpaired) electrons. The topological polar surface area (TPSA) is 72.2 Å². The third kappa shape index (κ3) is 4.59. The van der Waals surface area contributed by atoms with Crippen LogP contribution < -0.4 is 10.5 Å². The van der Waals surface area contributed by atoms with Crippen LogP contribution in [0, 0.1) is 12.7 Å². The molecular formula is C10H16ClFN2O2S. The van der Waals surface area contributed by atoms with Crippen molar-refractivity contribution in [1.29, 1.82) is 0 Å². The van der Waals surface area contributed by atoms with Gasteiger partial charge >= 0.3 is 0 Å². The van der Waals surface area contributed by atoms with E-state index in [0.717, 1.165) is 6.07 Å². The van der Waals surface area contributed by atoms with Gasteiger partial charge in [0, 0.05) is 6.54 Å². The van der Waals surface area contributed by atoms with Crippen LogP contribution in [0.3, 0.4) is 0 Å². The van der Waals surface area contributed by atoms with Crippen molar-refractivity contribution in [2.45, 2.75) is 18.2 Å². The van der Waals surface area contributed by atoms with Gasteiger partial charge in [0.2, 0.25) is 10.0 Å². The predicted octanol–water partition coefficient (Wildman–Crippen LogP) is 1.18. The van der Waals surface area contributed by atoms with Gasteiger partial charge in [-0.3, -0.25) is 0 Å². The number of hydrogen-bond acceptors (Lipinski definition) is 3. The fourth-order valence-corrected chi connectivity index (χ4v) is 2.44. The quantitative estimate of drug-likeness (QED) is 0.797. The average Bonchev–Trinajstić information content (AvgIpc) is 2.22. The van der Waals surface area contributed by atoms with Crippen LogP contribution in [0.15, 0.2) is 23.1 Å². The number of nitrogens with one attached hydrogen (secondary N) is 1. The van der Waals surface area contributed by atoms with Gasteiger partial charge in [0.05, 0.1) is 0 Å². The number of benzene rings is 1. The van der Waals surface area contributed by atoms with Crippen molar-refractivity contribution >= 4 is 22.4 Å². The van der Waals surface area contributed by atoms with Crippen molar-refractivity contribution in [2.75, 3.05) is 13.1 Å². The van der Waals surface area contributed by atoms with Crippen LogP contribution in [-0.4, -0.2) is 21.5 Å². The minimum absolute atomic E-state index is 0. The summed E-state index contributed by atoms with van der Waals surface area (Å²) >= 11 is 0. The summed E-state index contributed by atoms with van der Waals surface area (Å²) in [5, 5.41) is 0. The van der Waals surface area contributed by atoms with Gasteiger partial charge in [-0.1, -0.05) is 6.07 Å². The van der Waals surface area contributed by atoms with Gasteiger partial charge in [-0.15, -0.1) is 12.4 Å². The van der Waals surface area contributed by atoms with Crippen LogP contribution in [0.25, 0.3) is 0 Å². The molecular weight excluding hydrogens is 267 g/mol. The lowest BCUT2D eigenvalue weighted by Crippen LogP contribution is -2.27. The van der Waals surface area contributed by atoms with Crippen LogP contribution in [0.5, 0.6) is 0 Å². The summed E-state index contributed by atoms with van der Waals surface area (Å²) in [6.45, 7) is 2.31. The summed E-state index contributed by atoms with van der Waals surface area (Å²) < 4.78 is 39.0. The minimum atomic E-state index is -3.77. The highest BCUT2D eigenvalue weighted by molar-refractivity contribution is 7.89. The molecule has 0 aromatic heterocycles. The molecule has 3 N–H and O–H groups in total. The lowest BCUT2D eigenvalue weighted by molar-refractivity contribution is 0.555. The second-order valence-corrected chi connectivity index (χ2v) is 5.21. The number of aryl methyl sites for hydroxylation is 1. The van der Waals surface area contributed by atoms with Crippen molar-refractivity contribution < 1.29 is 12.8 Å². The van der Waals surface area contributed by atoms with E-state index in [2.05, 4.69) is 4.72 Å². The molecule has 17 heavy (non-hydrogen) atoms. The maximum absolute atomic E-state index is 13.3. The first-order valence-electron chi connectivity index (χ1n) is 4.93. The molecule has 0 bridgehead atoms. The molecule has 98 valence electrons. The van der Waals surface area contributed by atoms with Gasteiger partial charge in [0.25, 0.3) is 0 Å². The smallest absolute Gasteiger partial charge is 0.243 e. The predicted molar refractivity (Wildman–Crippen MR) is 67.2 cm³/mol. The van der Waals surface area contributed by atoms with E-state index in [1.54, 1.807) is 6.92 Å². The molecule has 1 rings (SSSR count). The molecule has 1 aromatic carbocycles. The van der Waals surface area contributed by atoms with Crippen LogP contribution >= 0.6 is 12.4 Å². The molecule has 0 amide bonds. The first-order chi connectivity index (χ1) is 7.47. The molecule has 0 aliphatic carbocycles. The van der Waals surface area contributed by atoms with Crippen molar-refractivity contribution in [1.82, 2.24) is 4.72 Å². The summed E-state index contributed by atoms with van der Waals surface area (Å²) in [6.07, 6.45) is 0.521. The van der Waals surface area contributed by atoms with E-state index in [1.165, 1.54) is 12.1 Å². The lowest BCUT2D eigenvalue weighted by Gasteiger charge is -2.07. The largest absolute Gasteiger partial charge is 0.330 e. The lowest BCUT2D eigenvalue weighted by atomic mass is 10.2. The van der Waals surface area contributed by atoms with Crippen molar-refractivity contribution in [3.05, 3.63) is 29.6 Å². The second kappa shape index (κ2) is 6.90. The molecule has 0 aliphatic rings. The van der Waals surface area contributed by atoms with E-state index in [1.807, 2.05) is 0 Å². The molecule has 0 saturated heterocycles. The Morgan fingerprint density at radius 3 is 2.65 bits per heavy atom. The molecule has 0 unspecified atom stereocenters. The fourth-order valence-electron chi connectivity index (χ4n) is 1.20.